The highest BCUT2D eigenvalue weighted by Gasteiger charge is 2.44. The van der Waals surface area contributed by atoms with Gasteiger partial charge in [-0.2, -0.15) is 0 Å². The SMILES string of the molecule is CC1C(N)CCC(C(=O)O)C1(C)C. The third-order valence-electron chi connectivity index (χ3n) is 3.80. The summed E-state index contributed by atoms with van der Waals surface area (Å²) in [5.41, 5.74) is 5.75. The summed E-state index contributed by atoms with van der Waals surface area (Å²) in [5.74, 6) is -0.631. The zero-order valence-electron chi connectivity index (χ0n) is 8.58. The Bertz CT molecular complexity index is 213. The molecule has 3 unspecified atom stereocenters. The van der Waals surface area contributed by atoms with Crippen LogP contribution in [-0.2, 0) is 4.79 Å². The van der Waals surface area contributed by atoms with Gasteiger partial charge in [-0.05, 0) is 24.2 Å². The van der Waals surface area contributed by atoms with Crippen molar-refractivity contribution in [3.05, 3.63) is 0 Å². The van der Waals surface area contributed by atoms with Crippen molar-refractivity contribution in [2.45, 2.75) is 39.7 Å². The lowest BCUT2D eigenvalue weighted by Crippen LogP contribution is -2.49. The smallest absolute Gasteiger partial charge is 0.307 e. The molecule has 76 valence electrons. The van der Waals surface area contributed by atoms with Crippen molar-refractivity contribution >= 4 is 5.97 Å². The Kier molecular flexibility index (Phi) is 2.66. The van der Waals surface area contributed by atoms with Gasteiger partial charge >= 0.3 is 5.97 Å². The van der Waals surface area contributed by atoms with Crippen molar-refractivity contribution in [1.82, 2.24) is 0 Å². The van der Waals surface area contributed by atoms with E-state index in [9.17, 15) is 4.79 Å². The van der Waals surface area contributed by atoms with E-state index in [0.29, 0.717) is 6.42 Å². The molecule has 0 aliphatic heterocycles. The van der Waals surface area contributed by atoms with Crippen LogP contribution in [-0.4, -0.2) is 17.1 Å². The number of carboxylic acids is 1. The Morgan fingerprint density at radius 1 is 1.46 bits per heavy atom. The van der Waals surface area contributed by atoms with Gasteiger partial charge in [0.2, 0.25) is 0 Å². The Morgan fingerprint density at radius 2 is 2.00 bits per heavy atom. The maximum absolute atomic E-state index is 11.0. The summed E-state index contributed by atoms with van der Waals surface area (Å²) in [7, 11) is 0. The van der Waals surface area contributed by atoms with Crippen molar-refractivity contribution < 1.29 is 9.90 Å². The summed E-state index contributed by atoms with van der Waals surface area (Å²) < 4.78 is 0. The molecule has 0 aromatic carbocycles. The molecule has 0 spiro atoms. The lowest BCUT2D eigenvalue weighted by molar-refractivity contribution is -0.150. The van der Waals surface area contributed by atoms with Gasteiger partial charge in [-0.3, -0.25) is 4.79 Å². The van der Waals surface area contributed by atoms with Gasteiger partial charge in [0, 0.05) is 6.04 Å². The molecule has 3 heteroatoms. The molecular formula is C10H19NO2. The Morgan fingerprint density at radius 3 is 2.46 bits per heavy atom. The number of carbonyl (C=O) groups is 1. The van der Waals surface area contributed by atoms with Crippen LogP contribution in [0.4, 0.5) is 0 Å². The Hall–Kier alpha value is -0.570. The summed E-state index contributed by atoms with van der Waals surface area (Å²) in [6.45, 7) is 6.07. The molecule has 1 fully saturated rings. The topological polar surface area (TPSA) is 63.3 Å². The first-order valence-electron chi connectivity index (χ1n) is 4.85. The van der Waals surface area contributed by atoms with Crippen LogP contribution in [0.15, 0.2) is 0 Å². The molecule has 0 aromatic heterocycles. The summed E-state index contributed by atoms with van der Waals surface area (Å²) in [6, 6.07) is 0.158. The minimum absolute atomic E-state index is 0.158. The first-order valence-corrected chi connectivity index (χ1v) is 4.85. The van der Waals surface area contributed by atoms with Crippen molar-refractivity contribution in [3.63, 3.8) is 0 Å². The fraction of sp³-hybridized carbons (Fsp3) is 0.900. The molecule has 1 aliphatic carbocycles. The lowest BCUT2D eigenvalue weighted by Gasteiger charge is -2.44. The lowest BCUT2D eigenvalue weighted by atomic mass is 9.61. The van der Waals surface area contributed by atoms with Gasteiger partial charge in [-0.15, -0.1) is 0 Å². The minimum Gasteiger partial charge on any atom is -0.481 e. The molecule has 0 heterocycles. The highest BCUT2D eigenvalue weighted by Crippen LogP contribution is 2.44. The first-order chi connectivity index (χ1) is 5.87. The second-order valence-electron chi connectivity index (χ2n) is 4.74. The van der Waals surface area contributed by atoms with Gasteiger partial charge in [-0.25, -0.2) is 0 Å². The van der Waals surface area contributed by atoms with Gasteiger partial charge in [0.25, 0.3) is 0 Å². The summed E-state index contributed by atoms with van der Waals surface area (Å²) in [4.78, 5) is 11.0. The van der Waals surface area contributed by atoms with Crippen molar-refractivity contribution in [1.29, 1.82) is 0 Å². The number of aliphatic carboxylic acids is 1. The van der Waals surface area contributed by atoms with Crippen molar-refractivity contribution in [3.8, 4) is 0 Å². The van der Waals surface area contributed by atoms with E-state index in [1.165, 1.54) is 0 Å². The van der Waals surface area contributed by atoms with Crippen LogP contribution in [0.2, 0.25) is 0 Å². The number of hydrogen-bond donors (Lipinski definition) is 2. The standard InChI is InChI=1S/C10H19NO2/c1-6-8(11)5-4-7(9(12)13)10(6,2)3/h6-8H,4-5,11H2,1-3H3,(H,12,13). The minimum atomic E-state index is -0.677. The highest BCUT2D eigenvalue weighted by atomic mass is 16.4. The molecule has 1 aliphatic rings. The molecule has 3 N–H and O–H groups in total. The molecule has 3 nitrogen and oxygen atoms in total. The predicted molar refractivity (Wildman–Crippen MR) is 51.3 cm³/mol. The second-order valence-corrected chi connectivity index (χ2v) is 4.74. The van der Waals surface area contributed by atoms with Crippen LogP contribution in [0, 0.1) is 17.3 Å². The van der Waals surface area contributed by atoms with Gasteiger partial charge in [0.1, 0.15) is 0 Å². The van der Waals surface area contributed by atoms with Gasteiger partial charge < -0.3 is 10.8 Å². The van der Waals surface area contributed by atoms with E-state index in [1.807, 2.05) is 13.8 Å². The van der Waals surface area contributed by atoms with Crippen LogP contribution < -0.4 is 5.73 Å². The van der Waals surface area contributed by atoms with E-state index in [4.69, 9.17) is 10.8 Å². The van der Waals surface area contributed by atoms with Crippen LogP contribution in [0.5, 0.6) is 0 Å². The number of carboxylic acid groups (broad SMARTS) is 1. The summed E-state index contributed by atoms with van der Waals surface area (Å²) in [5, 5.41) is 9.04. The van der Waals surface area contributed by atoms with E-state index in [0.717, 1.165) is 6.42 Å². The third-order valence-corrected chi connectivity index (χ3v) is 3.80. The van der Waals surface area contributed by atoms with E-state index in [1.54, 1.807) is 0 Å². The summed E-state index contributed by atoms with van der Waals surface area (Å²) in [6.07, 6.45) is 1.55. The molecule has 13 heavy (non-hydrogen) atoms. The number of rotatable bonds is 1. The predicted octanol–water partition coefficient (Wildman–Crippen LogP) is 1.47. The normalized spacial score (nSPS) is 38.6. The average Bonchev–Trinajstić information content (AvgIpc) is 1.99. The molecule has 0 aromatic rings. The molecule has 0 amide bonds. The number of hydrogen-bond acceptors (Lipinski definition) is 2. The van der Waals surface area contributed by atoms with Crippen LogP contribution in [0.25, 0.3) is 0 Å². The summed E-state index contributed by atoms with van der Waals surface area (Å²) >= 11 is 0. The molecule has 3 atom stereocenters. The zero-order chi connectivity index (χ0) is 10.2. The van der Waals surface area contributed by atoms with Crippen molar-refractivity contribution in [2.75, 3.05) is 0 Å². The number of nitrogens with two attached hydrogens (primary N) is 1. The van der Waals surface area contributed by atoms with E-state index in [2.05, 4.69) is 6.92 Å². The van der Waals surface area contributed by atoms with Gasteiger partial charge in [-0.1, -0.05) is 20.8 Å². The van der Waals surface area contributed by atoms with E-state index < -0.39 is 5.97 Å². The fourth-order valence-electron chi connectivity index (χ4n) is 2.29. The highest BCUT2D eigenvalue weighted by molar-refractivity contribution is 5.71. The second kappa shape index (κ2) is 3.29. The Balaban J connectivity index is 2.85. The molecule has 0 saturated heterocycles. The van der Waals surface area contributed by atoms with Gasteiger partial charge in [0.15, 0.2) is 0 Å². The van der Waals surface area contributed by atoms with E-state index in [-0.39, 0.29) is 23.3 Å². The quantitative estimate of drug-likeness (QED) is 0.650. The largest absolute Gasteiger partial charge is 0.481 e. The molecular weight excluding hydrogens is 166 g/mol. The molecule has 0 bridgehead atoms. The molecule has 1 saturated carbocycles. The van der Waals surface area contributed by atoms with Crippen LogP contribution in [0.3, 0.4) is 0 Å². The third kappa shape index (κ3) is 1.70. The molecule has 1 rings (SSSR count). The zero-order valence-corrected chi connectivity index (χ0v) is 8.58. The Labute approximate surface area is 79.3 Å². The molecule has 0 radical (unpaired) electrons. The van der Waals surface area contributed by atoms with Crippen LogP contribution >= 0.6 is 0 Å². The van der Waals surface area contributed by atoms with Crippen LogP contribution in [0.1, 0.15) is 33.6 Å². The van der Waals surface area contributed by atoms with Gasteiger partial charge in [0.05, 0.1) is 5.92 Å². The maximum atomic E-state index is 11.0. The maximum Gasteiger partial charge on any atom is 0.307 e. The van der Waals surface area contributed by atoms with Crippen molar-refractivity contribution in [2.24, 2.45) is 23.0 Å². The monoisotopic (exact) mass is 185 g/mol. The van der Waals surface area contributed by atoms with E-state index >= 15 is 0 Å². The first kappa shape index (κ1) is 10.5. The average molecular weight is 185 g/mol. The fourth-order valence-corrected chi connectivity index (χ4v) is 2.29.